The van der Waals surface area contributed by atoms with Crippen LogP contribution in [0.25, 0.3) is 0 Å². The van der Waals surface area contributed by atoms with Crippen LogP contribution in [0.1, 0.15) is 38.7 Å². The number of hydrogen-bond donors (Lipinski definition) is 1. The minimum absolute atomic E-state index is 0.221. The van der Waals surface area contributed by atoms with Crippen molar-refractivity contribution in [1.82, 2.24) is 20.1 Å². The van der Waals surface area contributed by atoms with E-state index in [1.807, 2.05) is 61.7 Å². The van der Waals surface area contributed by atoms with Gasteiger partial charge in [-0.05, 0) is 43.3 Å². The van der Waals surface area contributed by atoms with Crippen LogP contribution >= 0.6 is 11.8 Å². The molecule has 4 heterocycles. The number of morpholine rings is 1. The largest absolute Gasteiger partial charge is 0.379 e. The first-order chi connectivity index (χ1) is 19.6. The number of amides is 1. The summed E-state index contributed by atoms with van der Waals surface area (Å²) < 4.78 is 5.17. The monoisotopic (exact) mass is 571 g/mol. The first-order valence-corrected chi connectivity index (χ1v) is 15.2. The Morgan fingerprint density at radius 2 is 1.90 bits per heavy atom. The van der Waals surface area contributed by atoms with Crippen molar-refractivity contribution in [1.29, 1.82) is 0 Å². The van der Waals surface area contributed by atoms with E-state index in [0.717, 1.165) is 94.2 Å². The fraction of sp³-hybridized carbons (Fsp3) is 0.548. The number of ether oxygens (including phenoxy) is 1. The Morgan fingerprint density at radius 1 is 1.18 bits per heavy atom. The van der Waals surface area contributed by atoms with Crippen LogP contribution in [0, 0.1) is 5.92 Å². The van der Waals surface area contributed by atoms with Gasteiger partial charge in [0.25, 0.3) is 0 Å². The highest BCUT2D eigenvalue weighted by Crippen LogP contribution is 2.28. The van der Waals surface area contributed by atoms with Crippen LogP contribution < -0.4 is 5.32 Å². The van der Waals surface area contributed by atoms with E-state index >= 15 is 0 Å². The van der Waals surface area contributed by atoms with Crippen molar-refractivity contribution in [3.8, 4) is 0 Å². The summed E-state index contributed by atoms with van der Waals surface area (Å²) in [6.45, 7) is 19.0. The molecule has 1 aromatic rings. The molecule has 222 valence electrons. The van der Waals surface area contributed by atoms with Crippen LogP contribution in [0.4, 0.5) is 0 Å². The molecule has 8 nitrogen and oxygen atoms in total. The molecule has 2 saturated heterocycles. The number of aromatic nitrogens is 1. The van der Waals surface area contributed by atoms with Crippen LogP contribution in [0.3, 0.4) is 0 Å². The molecule has 0 spiro atoms. The number of thioether (sulfide) groups is 1. The van der Waals surface area contributed by atoms with Crippen molar-refractivity contribution in [2.45, 2.75) is 39.5 Å². The van der Waals surface area contributed by atoms with E-state index in [0.29, 0.717) is 18.9 Å². The van der Waals surface area contributed by atoms with Gasteiger partial charge in [0.1, 0.15) is 6.29 Å². The number of pyridine rings is 1. The Hall–Kier alpha value is -2.59. The fourth-order valence-electron chi connectivity index (χ4n) is 4.11. The van der Waals surface area contributed by atoms with Crippen molar-refractivity contribution in [3.63, 3.8) is 0 Å². The Balaban J connectivity index is 0.000000411. The molecule has 2 fully saturated rings. The van der Waals surface area contributed by atoms with Gasteiger partial charge in [0.15, 0.2) is 0 Å². The minimum Gasteiger partial charge on any atom is -0.379 e. The van der Waals surface area contributed by atoms with Crippen molar-refractivity contribution in [2.24, 2.45) is 10.9 Å². The molecule has 0 saturated carbocycles. The molecule has 3 aliphatic rings. The van der Waals surface area contributed by atoms with Crippen molar-refractivity contribution >= 4 is 29.0 Å². The third-order valence-corrected chi connectivity index (χ3v) is 7.41. The lowest BCUT2D eigenvalue weighted by atomic mass is 9.97. The van der Waals surface area contributed by atoms with E-state index in [2.05, 4.69) is 33.4 Å². The minimum atomic E-state index is 0.221. The van der Waals surface area contributed by atoms with Gasteiger partial charge in [0, 0.05) is 69.6 Å². The number of nitrogens with zero attached hydrogens (tertiary/aromatic N) is 4. The molecule has 3 aliphatic heterocycles. The van der Waals surface area contributed by atoms with E-state index in [1.54, 1.807) is 18.0 Å². The molecule has 0 aliphatic carbocycles. The predicted molar refractivity (Wildman–Crippen MR) is 169 cm³/mol. The van der Waals surface area contributed by atoms with Crippen LogP contribution in [0.2, 0.25) is 0 Å². The number of aldehydes is 1. The van der Waals surface area contributed by atoms with Gasteiger partial charge in [0.05, 0.1) is 24.8 Å². The lowest BCUT2D eigenvalue weighted by Gasteiger charge is -2.32. The number of carbonyl (C=O) groups excluding carboxylic acids is 2. The highest BCUT2D eigenvalue weighted by Gasteiger charge is 2.26. The Kier molecular flexibility index (Phi) is 20.5. The summed E-state index contributed by atoms with van der Waals surface area (Å²) in [7, 11) is 1.89. The molecule has 0 aromatic carbocycles. The topological polar surface area (TPSA) is 87.1 Å². The molecular formula is C31H49N5O3S. The number of nitrogens with one attached hydrogen (secondary N) is 1. The molecular weight excluding hydrogens is 522 g/mol. The van der Waals surface area contributed by atoms with Gasteiger partial charge >= 0.3 is 0 Å². The van der Waals surface area contributed by atoms with Gasteiger partial charge in [-0.25, -0.2) is 0 Å². The van der Waals surface area contributed by atoms with E-state index in [9.17, 15) is 9.59 Å². The highest BCUT2D eigenvalue weighted by molar-refractivity contribution is 8.16. The van der Waals surface area contributed by atoms with Gasteiger partial charge in [-0.2, -0.15) is 0 Å². The number of rotatable bonds is 9. The normalized spacial score (nSPS) is 17.2. The van der Waals surface area contributed by atoms with Crippen LogP contribution in [0.15, 0.2) is 65.8 Å². The molecule has 0 atom stereocenters. The van der Waals surface area contributed by atoms with Crippen LogP contribution in [-0.4, -0.2) is 98.1 Å². The van der Waals surface area contributed by atoms with Gasteiger partial charge < -0.3 is 15.0 Å². The summed E-state index contributed by atoms with van der Waals surface area (Å²) in [5, 5.41) is 5.92. The van der Waals surface area contributed by atoms with Crippen molar-refractivity contribution in [2.75, 3.05) is 66.1 Å². The summed E-state index contributed by atoms with van der Waals surface area (Å²) in [4.78, 5) is 36.0. The van der Waals surface area contributed by atoms with Crippen LogP contribution in [0.5, 0.6) is 0 Å². The number of aliphatic imine (C=N–C) groups is 1. The first-order valence-electron chi connectivity index (χ1n) is 14.3. The van der Waals surface area contributed by atoms with E-state index in [1.165, 1.54) is 0 Å². The van der Waals surface area contributed by atoms with Gasteiger partial charge in [-0.15, -0.1) is 13.2 Å². The number of hydrogen-bond acceptors (Lipinski definition) is 8. The summed E-state index contributed by atoms with van der Waals surface area (Å²) in [6.07, 6.45) is 11.4. The lowest BCUT2D eigenvalue weighted by molar-refractivity contribution is -0.132. The van der Waals surface area contributed by atoms with Crippen molar-refractivity contribution in [3.05, 3.63) is 66.4 Å². The molecule has 0 unspecified atom stereocenters. The Labute approximate surface area is 246 Å². The standard InChI is InChI=1S/C18H21N3O2S.C7H13NO.C4H9N.C2H6/c22-12-15-11-20-18(24-13-15)16-5-8-21(9-6-16)17(23)4-3-14-2-1-7-19-10-14;1-2-3-8-4-6-9-7-5-8;1-3-4-5-2;1-2/h1-2,7,10,12-13,16H,3-6,8-9,11H2;2H,1,3-7H2;3,5H,1,4H2,2H3;1-2H3. The summed E-state index contributed by atoms with van der Waals surface area (Å²) in [6, 6.07) is 3.91. The second kappa shape index (κ2) is 23.1. The van der Waals surface area contributed by atoms with E-state index in [-0.39, 0.29) is 5.91 Å². The average molecular weight is 572 g/mol. The molecule has 1 amide bonds. The summed E-state index contributed by atoms with van der Waals surface area (Å²) in [5.41, 5.74) is 1.85. The molecule has 1 N–H and O–H groups in total. The zero-order valence-corrected chi connectivity index (χ0v) is 25.5. The number of carbonyl (C=O) groups is 2. The third-order valence-electron chi connectivity index (χ3n) is 6.29. The maximum Gasteiger partial charge on any atom is 0.222 e. The van der Waals surface area contributed by atoms with Crippen LogP contribution in [-0.2, 0) is 20.7 Å². The van der Waals surface area contributed by atoms with Crippen molar-refractivity contribution < 1.29 is 14.3 Å². The SMILES string of the molecule is C=CCN1CCOCC1.C=CCNC.CC.O=CC1=CSC(C2CCN(C(=O)CCc3cccnc3)CC2)=NC1. The highest BCUT2D eigenvalue weighted by atomic mass is 32.2. The predicted octanol–water partition coefficient (Wildman–Crippen LogP) is 4.40. The van der Waals surface area contributed by atoms with Gasteiger partial charge in [0.2, 0.25) is 5.91 Å². The van der Waals surface area contributed by atoms with Gasteiger partial charge in [-0.1, -0.05) is 43.8 Å². The fourth-order valence-corrected chi connectivity index (χ4v) is 5.08. The number of aryl methyl sites for hydroxylation is 1. The maximum atomic E-state index is 12.4. The molecule has 0 bridgehead atoms. The second-order valence-corrected chi connectivity index (χ2v) is 10.0. The zero-order chi connectivity index (χ0) is 29.4. The lowest BCUT2D eigenvalue weighted by Crippen LogP contribution is -2.40. The molecule has 1 aromatic heterocycles. The summed E-state index contributed by atoms with van der Waals surface area (Å²) in [5.74, 6) is 0.639. The molecule has 40 heavy (non-hydrogen) atoms. The quantitative estimate of drug-likeness (QED) is 0.347. The zero-order valence-electron chi connectivity index (χ0n) is 24.7. The summed E-state index contributed by atoms with van der Waals surface area (Å²) >= 11 is 1.57. The van der Waals surface area contributed by atoms with Gasteiger partial charge in [-0.3, -0.25) is 24.5 Å². The third kappa shape index (κ3) is 14.7. The Bertz CT molecular complexity index is 909. The first kappa shape index (κ1) is 35.4. The number of piperidine rings is 1. The average Bonchev–Trinajstić information content (AvgIpc) is 3.03. The number of likely N-dealkylation sites (tertiary alicyclic amines) is 1. The molecule has 9 heteroatoms. The smallest absolute Gasteiger partial charge is 0.222 e. The molecule has 4 rings (SSSR count). The number of likely N-dealkylation sites (N-methyl/N-ethyl adjacent to an activating group) is 1. The second-order valence-electron chi connectivity index (χ2n) is 9.15. The Morgan fingerprint density at radius 3 is 2.40 bits per heavy atom. The van der Waals surface area contributed by atoms with E-state index < -0.39 is 0 Å². The van der Waals surface area contributed by atoms with E-state index in [4.69, 9.17) is 4.74 Å². The maximum absolute atomic E-state index is 12.4. The molecule has 0 radical (unpaired) electrons.